The van der Waals surface area contributed by atoms with Gasteiger partial charge in [-0.15, -0.1) is 0 Å². The first-order valence-electron chi connectivity index (χ1n) is 9.86. The molecule has 3 aromatic rings. The lowest BCUT2D eigenvalue weighted by atomic mass is 10.1. The molecule has 0 aliphatic heterocycles. The van der Waals surface area contributed by atoms with Crippen LogP contribution in [0.3, 0.4) is 0 Å². The third-order valence-corrected chi connectivity index (χ3v) is 4.42. The standard InChI is InChI=1S/C23H26FN3O3/c1-23(2,3)30-22(29)27-19-12-11-16(24)13-20(19)26-21(28)10-6-7-15-14-25-18-9-5-4-8-17(15)18/h4-5,8-9,11-14,25H,6-7,10H2,1-3H3,(H,26,28)(H,27,29). The monoisotopic (exact) mass is 411 g/mol. The molecule has 2 aromatic carbocycles. The number of benzene rings is 2. The molecule has 1 heterocycles. The minimum atomic E-state index is -0.677. The van der Waals surface area contributed by atoms with Gasteiger partial charge in [-0.1, -0.05) is 18.2 Å². The van der Waals surface area contributed by atoms with Gasteiger partial charge in [0, 0.05) is 23.5 Å². The van der Waals surface area contributed by atoms with E-state index in [9.17, 15) is 14.0 Å². The van der Waals surface area contributed by atoms with Gasteiger partial charge < -0.3 is 15.0 Å². The van der Waals surface area contributed by atoms with E-state index in [1.165, 1.54) is 18.2 Å². The Hall–Kier alpha value is -3.35. The number of hydrogen-bond donors (Lipinski definition) is 3. The highest BCUT2D eigenvalue weighted by Gasteiger charge is 2.18. The minimum absolute atomic E-state index is 0.193. The molecule has 6 nitrogen and oxygen atoms in total. The number of fused-ring (bicyclic) bond motifs is 1. The lowest BCUT2D eigenvalue weighted by Crippen LogP contribution is -2.27. The fourth-order valence-corrected chi connectivity index (χ4v) is 3.13. The molecular formula is C23H26FN3O3. The number of carbonyl (C=O) groups excluding carboxylic acids is 2. The van der Waals surface area contributed by atoms with Gasteiger partial charge in [0.05, 0.1) is 11.4 Å². The molecule has 7 heteroatoms. The Balaban J connectivity index is 1.59. The van der Waals surface area contributed by atoms with Crippen LogP contribution in [0.1, 0.15) is 39.2 Å². The molecule has 158 valence electrons. The number of H-pyrrole nitrogens is 1. The maximum atomic E-state index is 13.7. The van der Waals surface area contributed by atoms with Gasteiger partial charge >= 0.3 is 6.09 Å². The highest BCUT2D eigenvalue weighted by Crippen LogP contribution is 2.25. The number of amides is 2. The van der Waals surface area contributed by atoms with E-state index < -0.39 is 17.5 Å². The third-order valence-electron chi connectivity index (χ3n) is 4.42. The number of rotatable bonds is 6. The predicted molar refractivity (Wildman–Crippen MR) is 116 cm³/mol. The topological polar surface area (TPSA) is 83.2 Å². The van der Waals surface area contributed by atoms with Crippen molar-refractivity contribution in [3.05, 3.63) is 60.0 Å². The summed E-state index contributed by atoms with van der Waals surface area (Å²) in [4.78, 5) is 27.6. The normalized spacial score (nSPS) is 11.3. The summed E-state index contributed by atoms with van der Waals surface area (Å²) in [6.07, 6.45) is 2.92. The smallest absolute Gasteiger partial charge is 0.412 e. The van der Waals surface area contributed by atoms with Crippen molar-refractivity contribution in [1.82, 2.24) is 4.98 Å². The molecule has 0 atom stereocenters. The number of ether oxygens (including phenoxy) is 1. The van der Waals surface area contributed by atoms with E-state index in [0.717, 1.165) is 22.9 Å². The number of aromatic amines is 1. The van der Waals surface area contributed by atoms with Crippen molar-refractivity contribution < 1.29 is 18.7 Å². The van der Waals surface area contributed by atoms with Crippen LogP contribution in [0.2, 0.25) is 0 Å². The molecule has 3 N–H and O–H groups in total. The maximum absolute atomic E-state index is 13.7. The number of aromatic nitrogens is 1. The van der Waals surface area contributed by atoms with Gasteiger partial charge in [-0.05, 0) is 63.4 Å². The highest BCUT2D eigenvalue weighted by atomic mass is 19.1. The second-order valence-electron chi connectivity index (χ2n) is 8.08. The molecule has 30 heavy (non-hydrogen) atoms. The molecule has 0 saturated heterocycles. The van der Waals surface area contributed by atoms with Crippen molar-refractivity contribution in [2.75, 3.05) is 10.6 Å². The van der Waals surface area contributed by atoms with Crippen LogP contribution in [0.5, 0.6) is 0 Å². The van der Waals surface area contributed by atoms with E-state index in [-0.39, 0.29) is 23.7 Å². The molecule has 3 rings (SSSR count). The summed E-state index contributed by atoms with van der Waals surface area (Å²) in [6, 6.07) is 11.8. The van der Waals surface area contributed by atoms with Crippen LogP contribution in [0.4, 0.5) is 20.6 Å². The van der Waals surface area contributed by atoms with Gasteiger partial charge in [-0.2, -0.15) is 0 Å². The molecule has 0 aliphatic rings. The zero-order valence-electron chi connectivity index (χ0n) is 17.3. The molecule has 0 fully saturated rings. The number of anilines is 2. The lowest BCUT2D eigenvalue weighted by molar-refractivity contribution is -0.116. The predicted octanol–water partition coefficient (Wildman–Crippen LogP) is 5.62. The number of aryl methyl sites for hydroxylation is 1. The zero-order valence-corrected chi connectivity index (χ0v) is 17.3. The Morgan fingerprint density at radius 1 is 1.07 bits per heavy atom. The molecule has 0 unspecified atom stereocenters. The lowest BCUT2D eigenvalue weighted by Gasteiger charge is -2.20. The summed E-state index contributed by atoms with van der Waals surface area (Å²) < 4.78 is 18.9. The summed E-state index contributed by atoms with van der Waals surface area (Å²) in [5.41, 5.74) is 2.01. The Labute approximate surface area is 174 Å². The van der Waals surface area contributed by atoms with Crippen LogP contribution < -0.4 is 10.6 Å². The van der Waals surface area contributed by atoms with Crippen molar-refractivity contribution in [3.63, 3.8) is 0 Å². The molecule has 1 aromatic heterocycles. The fraction of sp³-hybridized carbons (Fsp3) is 0.304. The molecule has 0 aliphatic carbocycles. The van der Waals surface area contributed by atoms with Gasteiger partial charge in [0.1, 0.15) is 11.4 Å². The van der Waals surface area contributed by atoms with Crippen molar-refractivity contribution in [3.8, 4) is 0 Å². The summed E-state index contributed by atoms with van der Waals surface area (Å²) in [5.74, 6) is -0.772. The van der Waals surface area contributed by atoms with Crippen LogP contribution in [0, 0.1) is 5.82 Å². The van der Waals surface area contributed by atoms with Crippen molar-refractivity contribution in [2.24, 2.45) is 0 Å². The van der Waals surface area contributed by atoms with Crippen LogP contribution in [-0.2, 0) is 16.0 Å². The maximum Gasteiger partial charge on any atom is 0.412 e. The molecular weight excluding hydrogens is 385 g/mol. The van der Waals surface area contributed by atoms with Crippen molar-refractivity contribution >= 4 is 34.3 Å². The van der Waals surface area contributed by atoms with Crippen molar-refractivity contribution in [1.29, 1.82) is 0 Å². The number of halogens is 1. The molecule has 0 saturated carbocycles. The zero-order chi connectivity index (χ0) is 21.7. The van der Waals surface area contributed by atoms with E-state index in [1.807, 2.05) is 30.5 Å². The van der Waals surface area contributed by atoms with Gasteiger partial charge in [0.2, 0.25) is 5.91 Å². The Morgan fingerprint density at radius 2 is 1.83 bits per heavy atom. The molecule has 0 bridgehead atoms. The van der Waals surface area contributed by atoms with Crippen LogP contribution in [0.25, 0.3) is 10.9 Å². The second kappa shape index (κ2) is 8.98. The Morgan fingerprint density at radius 3 is 2.60 bits per heavy atom. The average molecular weight is 411 g/mol. The first-order chi connectivity index (χ1) is 14.2. The summed E-state index contributed by atoms with van der Waals surface area (Å²) >= 11 is 0. The average Bonchev–Trinajstić information content (AvgIpc) is 3.06. The largest absolute Gasteiger partial charge is 0.444 e. The van der Waals surface area contributed by atoms with Crippen LogP contribution in [-0.4, -0.2) is 22.6 Å². The van der Waals surface area contributed by atoms with Crippen LogP contribution in [0.15, 0.2) is 48.7 Å². The number of carbonyl (C=O) groups is 2. The molecule has 0 spiro atoms. The number of hydrogen-bond acceptors (Lipinski definition) is 3. The van der Waals surface area contributed by atoms with E-state index in [2.05, 4.69) is 15.6 Å². The fourth-order valence-electron chi connectivity index (χ4n) is 3.13. The van der Waals surface area contributed by atoms with Crippen LogP contribution >= 0.6 is 0 Å². The molecule has 2 amide bonds. The van der Waals surface area contributed by atoms with Gasteiger partial charge in [0.25, 0.3) is 0 Å². The Kier molecular flexibility index (Phi) is 6.40. The summed E-state index contributed by atoms with van der Waals surface area (Å²) in [5, 5.41) is 6.38. The van der Waals surface area contributed by atoms with E-state index in [4.69, 9.17) is 4.74 Å². The van der Waals surface area contributed by atoms with E-state index in [0.29, 0.717) is 6.42 Å². The minimum Gasteiger partial charge on any atom is -0.444 e. The van der Waals surface area contributed by atoms with E-state index >= 15 is 0 Å². The number of para-hydroxylation sites is 1. The van der Waals surface area contributed by atoms with Gasteiger partial charge in [-0.25, -0.2) is 9.18 Å². The highest BCUT2D eigenvalue weighted by molar-refractivity contribution is 5.97. The van der Waals surface area contributed by atoms with Crippen molar-refractivity contribution in [2.45, 2.75) is 45.6 Å². The van der Waals surface area contributed by atoms with Gasteiger partial charge in [0.15, 0.2) is 0 Å². The molecule has 0 radical (unpaired) electrons. The quantitative estimate of drug-likeness (QED) is 0.493. The first kappa shape index (κ1) is 21.4. The number of nitrogens with one attached hydrogen (secondary N) is 3. The second-order valence-corrected chi connectivity index (χ2v) is 8.08. The summed E-state index contributed by atoms with van der Waals surface area (Å²) in [6.45, 7) is 5.23. The third kappa shape index (κ3) is 5.83. The SMILES string of the molecule is CC(C)(C)OC(=O)Nc1ccc(F)cc1NC(=O)CCCc1c[nH]c2ccccc12. The van der Waals surface area contributed by atoms with E-state index in [1.54, 1.807) is 20.8 Å². The Bertz CT molecular complexity index is 1050. The van der Waals surface area contributed by atoms with Gasteiger partial charge in [-0.3, -0.25) is 10.1 Å². The summed E-state index contributed by atoms with van der Waals surface area (Å²) in [7, 11) is 0. The first-order valence-corrected chi connectivity index (χ1v) is 9.86.